The summed E-state index contributed by atoms with van der Waals surface area (Å²) in [6.07, 6.45) is 2.31. The Morgan fingerprint density at radius 3 is 2.64 bits per heavy atom. The number of amides is 1. The van der Waals surface area contributed by atoms with Crippen molar-refractivity contribution in [2.75, 3.05) is 32.8 Å². The molecule has 1 unspecified atom stereocenters. The van der Waals surface area contributed by atoms with Crippen molar-refractivity contribution in [3.8, 4) is 0 Å². The number of hydrogen-bond donors (Lipinski definition) is 0. The molecule has 2 aliphatic heterocycles. The summed E-state index contributed by atoms with van der Waals surface area (Å²) in [5.74, 6) is 0.113. The van der Waals surface area contributed by atoms with Gasteiger partial charge < -0.3 is 14.1 Å². The Morgan fingerprint density at radius 1 is 1.18 bits per heavy atom. The van der Waals surface area contributed by atoms with Gasteiger partial charge in [-0.3, -0.25) is 9.69 Å². The maximum atomic E-state index is 12.5. The van der Waals surface area contributed by atoms with Gasteiger partial charge in [0.15, 0.2) is 0 Å². The van der Waals surface area contributed by atoms with Crippen molar-refractivity contribution in [2.45, 2.75) is 38.8 Å². The highest BCUT2D eigenvalue weighted by Crippen LogP contribution is 2.27. The number of rotatable bonds is 4. The summed E-state index contributed by atoms with van der Waals surface area (Å²) in [6, 6.07) is 5.31. The highest BCUT2D eigenvalue weighted by atomic mass is 35.5. The van der Waals surface area contributed by atoms with Crippen LogP contribution >= 0.6 is 11.6 Å². The van der Waals surface area contributed by atoms with Crippen LogP contribution in [0.25, 0.3) is 11.0 Å². The van der Waals surface area contributed by atoms with Crippen LogP contribution in [0.2, 0.25) is 5.02 Å². The zero-order chi connectivity index (χ0) is 19.7. The Bertz CT molecular complexity index is 928. The molecule has 0 aliphatic carbocycles. The van der Waals surface area contributed by atoms with Gasteiger partial charge in [-0.25, -0.2) is 4.79 Å². The highest BCUT2D eigenvalue weighted by molar-refractivity contribution is 6.32. The first-order valence-electron chi connectivity index (χ1n) is 9.93. The molecule has 2 saturated heterocycles. The van der Waals surface area contributed by atoms with Crippen molar-refractivity contribution < 1.29 is 13.9 Å². The van der Waals surface area contributed by atoms with Gasteiger partial charge in [-0.2, -0.15) is 0 Å². The van der Waals surface area contributed by atoms with E-state index < -0.39 is 0 Å². The molecule has 1 amide bonds. The van der Waals surface area contributed by atoms with Gasteiger partial charge in [0.25, 0.3) is 5.91 Å². The zero-order valence-electron chi connectivity index (χ0n) is 16.1. The van der Waals surface area contributed by atoms with E-state index in [1.807, 2.05) is 24.0 Å². The SMILES string of the molecule is CCc1cc2oc(=O)cc(CN3CCN(C(=O)C4CCCO4)CC3)c2cc1Cl. The molecular formula is C21H25ClN2O4. The molecule has 0 N–H and O–H groups in total. The highest BCUT2D eigenvalue weighted by Gasteiger charge is 2.30. The standard InChI is InChI=1S/C21H25ClN2O4/c1-2-14-10-19-16(12-17(14)22)15(11-20(25)28-19)13-23-5-7-24(8-6-23)21(26)18-4-3-9-27-18/h10-12,18H,2-9,13H2,1H3. The van der Waals surface area contributed by atoms with E-state index in [-0.39, 0.29) is 17.6 Å². The van der Waals surface area contributed by atoms with E-state index in [0.717, 1.165) is 48.9 Å². The molecule has 2 fully saturated rings. The van der Waals surface area contributed by atoms with E-state index in [1.54, 1.807) is 6.07 Å². The van der Waals surface area contributed by atoms with Gasteiger partial charge >= 0.3 is 5.63 Å². The molecule has 0 saturated carbocycles. The van der Waals surface area contributed by atoms with E-state index in [9.17, 15) is 9.59 Å². The molecule has 150 valence electrons. The molecular weight excluding hydrogens is 380 g/mol. The molecule has 1 aromatic carbocycles. The molecule has 2 aliphatic rings. The molecule has 28 heavy (non-hydrogen) atoms. The van der Waals surface area contributed by atoms with Crippen molar-refractivity contribution in [2.24, 2.45) is 0 Å². The maximum absolute atomic E-state index is 12.5. The number of carbonyl (C=O) groups excluding carboxylic acids is 1. The normalized spacial score (nSPS) is 20.8. The van der Waals surface area contributed by atoms with Crippen LogP contribution in [-0.2, 0) is 22.5 Å². The summed E-state index contributed by atoms with van der Waals surface area (Å²) in [5.41, 5.74) is 2.11. The fraction of sp³-hybridized carbons (Fsp3) is 0.524. The monoisotopic (exact) mass is 404 g/mol. The Morgan fingerprint density at radius 2 is 1.96 bits per heavy atom. The van der Waals surface area contributed by atoms with Crippen LogP contribution in [0.5, 0.6) is 0 Å². The lowest BCUT2D eigenvalue weighted by Crippen LogP contribution is -2.51. The summed E-state index contributed by atoms with van der Waals surface area (Å²) in [4.78, 5) is 28.7. The average molecular weight is 405 g/mol. The van der Waals surface area contributed by atoms with Crippen molar-refractivity contribution >= 4 is 28.5 Å². The number of piperazine rings is 1. The second-order valence-electron chi connectivity index (χ2n) is 7.49. The van der Waals surface area contributed by atoms with Gasteiger partial charge in [0.2, 0.25) is 0 Å². The molecule has 3 heterocycles. The van der Waals surface area contributed by atoms with Gasteiger partial charge in [-0.05, 0) is 42.5 Å². The van der Waals surface area contributed by atoms with Crippen LogP contribution in [0.1, 0.15) is 30.9 Å². The van der Waals surface area contributed by atoms with Crippen molar-refractivity contribution in [1.29, 1.82) is 0 Å². The predicted molar refractivity (Wildman–Crippen MR) is 108 cm³/mol. The van der Waals surface area contributed by atoms with Gasteiger partial charge in [0.1, 0.15) is 11.7 Å². The molecule has 4 rings (SSSR count). The summed E-state index contributed by atoms with van der Waals surface area (Å²) in [7, 11) is 0. The van der Waals surface area contributed by atoms with E-state index in [2.05, 4.69) is 4.90 Å². The molecule has 0 bridgehead atoms. The first-order valence-corrected chi connectivity index (χ1v) is 10.3. The van der Waals surface area contributed by atoms with Crippen LogP contribution in [0, 0.1) is 0 Å². The average Bonchev–Trinajstić information content (AvgIpc) is 3.23. The van der Waals surface area contributed by atoms with Gasteiger partial charge in [-0.15, -0.1) is 0 Å². The fourth-order valence-corrected chi connectivity index (χ4v) is 4.33. The van der Waals surface area contributed by atoms with Crippen LogP contribution in [0.4, 0.5) is 0 Å². The lowest BCUT2D eigenvalue weighted by molar-refractivity contribution is -0.142. The predicted octanol–water partition coefficient (Wildman–Crippen LogP) is 2.83. The van der Waals surface area contributed by atoms with Crippen LogP contribution in [0.15, 0.2) is 27.4 Å². The molecule has 7 heteroatoms. The summed E-state index contributed by atoms with van der Waals surface area (Å²) in [5, 5.41) is 1.57. The summed E-state index contributed by atoms with van der Waals surface area (Å²) in [6.45, 7) is 6.22. The number of carbonyl (C=O) groups is 1. The molecule has 2 aromatic rings. The van der Waals surface area contributed by atoms with E-state index in [0.29, 0.717) is 36.8 Å². The number of nitrogens with zero attached hydrogens (tertiary/aromatic N) is 2. The third-order valence-electron chi connectivity index (χ3n) is 5.66. The van der Waals surface area contributed by atoms with Crippen molar-refractivity contribution in [3.05, 3.63) is 44.8 Å². The Kier molecular flexibility index (Phi) is 5.71. The number of aryl methyl sites for hydroxylation is 1. The van der Waals surface area contributed by atoms with Gasteiger partial charge in [0.05, 0.1) is 0 Å². The maximum Gasteiger partial charge on any atom is 0.336 e. The molecule has 1 aromatic heterocycles. The van der Waals surface area contributed by atoms with Gasteiger partial charge in [0, 0.05) is 55.8 Å². The van der Waals surface area contributed by atoms with E-state index in [1.165, 1.54) is 0 Å². The molecule has 0 radical (unpaired) electrons. The van der Waals surface area contributed by atoms with Crippen LogP contribution in [-0.4, -0.2) is 54.6 Å². The molecule has 1 atom stereocenters. The number of hydrogen-bond acceptors (Lipinski definition) is 5. The van der Waals surface area contributed by atoms with Crippen molar-refractivity contribution in [3.63, 3.8) is 0 Å². The third kappa shape index (κ3) is 3.95. The number of ether oxygens (including phenoxy) is 1. The first kappa shape index (κ1) is 19.4. The largest absolute Gasteiger partial charge is 0.423 e. The number of fused-ring (bicyclic) bond motifs is 1. The second-order valence-corrected chi connectivity index (χ2v) is 7.89. The minimum absolute atomic E-state index is 0.113. The Labute approximate surface area is 169 Å². The van der Waals surface area contributed by atoms with E-state index >= 15 is 0 Å². The van der Waals surface area contributed by atoms with Gasteiger partial charge in [-0.1, -0.05) is 18.5 Å². The topological polar surface area (TPSA) is 63.0 Å². The summed E-state index contributed by atoms with van der Waals surface area (Å²) >= 11 is 6.38. The number of benzene rings is 1. The van der Waals surface area contributed by atoms with Crippen LogP contribution in [0.3, 0.4) is 0 Å². The van der Waals surface area contributed by atoms with Crippen LogP contribution < -0.4 is 5.63 Å². The Balaban J connectivity index is 1.47. The minimum Gasteiger partial charge on any atom is -0.423 e. The lowest BCUT2D eigenvalue weighted by Gasteiger charge is -2.35. The molecule has 0 spiro atoms. The first-order chi connectivity index (χ1) is 13.5. The summed E-state index contributed by atoms with van der Waals surface area (Å²) < 4.78 is 10.9. The van der Waals surface area contributed by atoms with Crippen molar-refractivity contribution in [1.82, 2.24) is 9.80 Å². The second kappa shape index (κ2) is 8.23. The quantitative estimate of drug-likeness (QED) is 0.733. The third-order valence-corrected chi connectivity index (χ3v) is 6.01. The zero-order valence-corrected chi connectivity index (χ0v) is 16.8. The lowest BCUT2D eigenvalue weighted by atomic mass is 10.1. The number of halogens is 1. The Hall–Kier alpha value is -1.89. The molecule has 6 nitrogen and oxygen atoms in total. The smallest absolute Gasteiger partial charge is 0.336 e. The minimum atomic E-state index is -0.348. The fourth-order valence-electron chi connectivity index (χ4n) is 4.03. The van der Waals surface area contributed by atoms with E-state index in [4.69, 9.17) is 20.8 Å².